The molecule has 5 heteroatoms. The highest BCUT2D eigenvalue weighted by Gasteiger charge is 2.48. The van der Waals surface area contributed by atoms with Crippen LogP contribution in [0.3, 0.4) is 0 Å². The minimum absolute atomic E-state index is 0.145. The fourth-order valence-corrected chi connectivity index (χ4v) is 4.63. The average Bonchev–Trinajstić information content (AvgIpc) is 3.16. The Morgan fingerprint density at radius 2 is 1.86 bits per heavy atom. The molecule has 2 bridgehead atoms. The van der Waals surface area contributed by atoms with Crippen LogP contribution in [0, 0.1) is 17.7 Å². The molecule has 4 rings (SSSR count). The summed E-state index contributed by atoms with van der Waals surface area (Å²) >= 11 is 0. The third-order valence-corrected chi connectivity index (χ3v) is 5.66. The standard InChI is InChI=1S/C17H22FN3O/c18-14-3-1-2-4-15(14)20-7-9-21(10-8-20)17-13-6-5-12(11-13)16(17)19-22/h1-4,12-13,17,22H,5-11H2/b19-16+. The van der Waals surface area contributed by atoms with Gasteiger partial charge in [0.25, 0.3) is 0 Å². The lowest BCUT2D eigenvalue weighted by atomic mass is 9.91. The Labute approximate surface area is 130 Å². The summed E-state index contributed by atoms with van der Waals surface area (Å²) in [6.07, 6.45) is 3.61. The lowest BCUT2D eigenvalue weighted by molar-refractivity contribution is 0.181. The van der Waals surface area contributed by atoms with Crippen LogP contribution >= 0.6 is 0 Å². The van der Waals surface area contributed by atoms with E-state index in [-0.39, 0.29) is 5.82 Å². The zero-order valence-corrected chi connectivity index (χ0v) is 12.7. The molecule has 1 saturated heterocycles. The van der Waals surface area contributed by atoms with Crippen molar-refractivity contribution in [1.29, 1.82) is 0 Å². The zero-order valence-electron chi connectivity index (χ0n) is 12.7. The number of piperazine rings is 1. The van der Waals surface area contributed by atoms with Gasteiger partial charge in [0.15, 0.2) is 0 Å². The van der Waals surface area contributed by atoms with Gasteiger partial charge in [-0.15, -0.1) is 0 Å². The summed E-state index contributed by atoms with van der Waals surface area (Å²) in [4.78, 5) is 4.56. The fourth-order valence-electron chi connectivity index (χ4n) is 4.63. The second-order valence-electron chi connectivity index (χ2n) is 6.71. The molecule has 0 radical (unpaired) electrons. The maximum atomic E-state index is 13.9. The molecule has 3 atom stereocenters. The largest absolute Gasteiger partial charge is 0.411 e. The second kappa shape index (κ2) is 5.54. The van der Waals surface area contributed by atoms with Crippen molar-refractivity contribution in [1.82, 2.24) is 4.90 Å². The Balaban J connectivity index is 1.45. The minimum atomic E-state index is -0.145. The highest BCUT2D eigenvalue weighted by molar-refractivity contribution is 5.94. The first kappa shape index (κ1) is 14.0. The first-order chi connectivity index (χ1) is 10.8. The number of benzene rings is 1. The minimum Gasteiger partial charge on any atom is -0.411 e. The Morgan fingerprint density at radius 3 is 2.59 bits per heavy atom. The van der Waals surface area contributed by atoms with Gasteiger partial charge in [-0.2, -0.15) is 0 Å². The van der Waals surface area contributed by atoms with E-state index in [0.717, 1.165) is 31.9 Å². The van der Waals surface area contributed by atoms with Gasteiger partial charge in [-0.25, -0.2) is 4.39 Å². The van der Waals surface area contributed by atoms with Crippen molar-refractivity contribution < 1.29 is 9.60 Å². The Bertz CT molecular complexity index is 583. The molecule has 0 aromatic heterocycles. The number of oxime groups is 1. The van der Waals surface area contributed by atoms with Crippen LogP contribution in [0.15, 0.2) is 29.4 Å². The summed E-state index contributed by atoms with van der Waals surface area (Å²) < 4.78 is 13.9. The van der Waals surface area contributed by atoms with Crippen LogP contribution in [-0.2, 0) is 0 Å². The molecule has 1 aromatic rings. The van der Waals surface area contributed by atoms with Crippen LogP contribution in [0.25, 0.3) is 0 Å². The Kier molecular flexibility index (Phi) is 3.53. The van der Waals surface area contributed by atoms with E-state index in [0.29, 0.717) is 23.6 Å². The van der Waals surface area contributed by atoms with Crippen LogP contribution in [-0.4, -0.2) is 48.0 Å². The average molecular weight is 303 g/mol. The molecule has 1 aromatic carbocycles. The second-order valence-corrected chi connectivity index (χ2v) is 6.71. The Hall–Kier alpha value is -1.62. The van der Waals surface area contributed by atoms with Gasteiger partial charge in [-0.3, -0.25) is 4.90 Å². The van der Waals surface area contributed by atoms with Gasteiger partial charge >= 0.3 is 0 Å². The van der Waals surface area contributed by atoms with E-state index in [1.165, 1.54) is 25.3 Å². The maximum Gasteiger partial charge on any atom is 0.146 e. The number of hydrogen-bond acceptors (Lipinski definition) is 4. The van der Waals surface area contributed by atoms with Crippen molar-refractivity contribution in [2.75, 3.05) is 31.1 Å². The maximum absolute atomic E-state index is 13.9. The quantitative estimate of drug-likeness (QED) is 0.674. The zero-order chi connectivity index (χ0) is 15.1. The topological polar surface area (TPSA) is 39.1 Å². The van der Waals surface area contributed by atoms with E-state index < -0.39 is 0 Å². The van der Waals surface area contributed by atoms with Crippen molar-refractivity contribution in [3.8, 4) is 0 Å². The number of hydrogen-bond donors (Lipinski definition) is 1. The van der Waals surface area contributed by atoms with Gasteiger partial charge in [0, 0.05) is 32.1 Å². The van der Waals surface area contributed by atoms with E-state index in [9.17, 15) is 9.60 Å². The summed E-state index contributed by atoms with van der Waals surface area (Å²) in [5.74, 6) is 0.994. The fraction of sp³-hybridized carbons (Fsp3) is 0.588. The van der Waals surface area contributed by atoms with E-state index in [1.807, 2.05) is 12.1 Å². The number of halogens is 1. The van der Waals surface area contributed by atoms with Gasteiger partial charge in [0.1, 0.15) is 5.82 Å². The predicted octanol–water partition coefficient (Wildman–Crippen LogP) is 2.58. The molecule has 22 heavy (non-hydrogen) atoms. The number of anilines is 1. The van der Waals surface area contributed by atoms with Crippen LogP contribution in [0.1, 0.15) is 19.3 Å². The van der Waals surface area contributed by atoms with Crippen molar-refractivity contribution in [2.24, 2.45) is 17.0 Å². The van der Waals surface area contributed by atoms with Crippen LogP contribution in [0.5, 0.6) is 0 Å². The van der Waals surface area contributed by atoms with E-state index >= 15 is 0 Å². The molecule has 1 N–H and O–H groups in total. The molecule has 2 saturated carbocycles. The van der Waals surface area contributed by atoms with E-state index in [1.54, 1.807) is 6.07 Å². The van der Waals surface area contributed by atoms with Crippen LogP contribution in [0.4, 0.5) is 10.1 Å². The molecule has 3 aliphatic rings. The summed E-state index contributed by atoms with van der Waals surface area (Å²) in [5.41, 5.74) is 1.70. The van der Waals surface area contributed by atoms with E-state index in [4.69, 9.17) is 0 Å². The van der Waals surface area contributed by atoms with E-state index in [2.05, 4.69) is 15.0 Å². The van der Waals surface area contributed by atoms with Gasteiger partial charge in [0.2, 0.25) is 0 Å². The number of rotatable bonds is 2. The molecule has 118 valence electrons. The molecule has 1 aliphatic heterocycles. The first-order valence-electron chi connectivity index (χ1n) is 8.23. The molecule has 3 unspecified atom stereocenters. The van der Waals surface area contributed by atoms with Crippen molar-refractivity contribution in [3.63, 3.8) is 0 Å². The number of para-hydroxylation sites is 1. The summed E-state index contributed by atoms with van der Waals surface area (Å²) in [6, 6.07) is 7.30. The molecular formula is C17H22FN3O. The molecule has 3 fully saturated rings. The lowest BCUT2D eigenvalue weighted by Gasteiger charge is -2.41. The monoisotopic (exact) mass is 303 g/mol. The summed E-state index contributed by atoms with van der Waals surface area (Å²) in [5, 5.41) is 13.0. The first-order valence-corrected chi connectivity index (χ1v) is 8.23. The van der Waals surface area contributed by atoms with Gasteiger partial charge in [0.05, 0.1) is 17.4 Å². The predicted molar refractivity (Wildman–Crippen MR) is 84.0 cm³/mol. The third kappa shape index (κ3) is 2.19. The van der Waals surface area contributed by atoms with Crippen LogP contribution in [0.2, 0.25) is 0 Å². The van der Waals surface area contributed by atoms with Crippen LogP contribution < -0.4 is 4.90 Å². The molecule has 0 spiro atoms. The van der Waals surface area contributed by atoms with Gasteiger partial charge in [-0.1, -0.05) is 17.3 Å². The molecule has 0 amide bonds. The Morgan fingerprint density at radius 1 is 1.09 bits per heavy atom. The highest BCUT2D eigenvalue weighted by Crippen LogP contribution is 2.45. The smallest absolute Gasteiger partial charge is 0.146 e. The summed E-state index contributed by atoms with van der Waals surface area (Å²) in [7, 11) is 0. The van der Waals surface area contributed by atoms with Crippen molar-refractivity contribution in [2.45, 2.75) is 25.3 Å². The van der Waals surface area contributed by atoms with Crippen molar-refractivity contribution in [3.05, 3.63) is 30.1 Å². The molecule has 1 heterocycles. The van der Waals surface area contributed by atoms with Gasteiger partial charge < -0.3 is 10.1 Å². The highest BCUT2D eigenvalue weighted by atomic mass is 19.1. The molecule has 4 nitrogen and oxygen atoms in total. The van der Waals surface area contributed by atoms with Crippen molar-refractivity contribution >= 4 is 11.4 Å². The third-order valence-electron chi connectivity index (χ3n) is 5.66. The SMILES string of the molecule is O/N=C1\C2CCC(C2)C1N1CCN(c2ccccc2F)CC1. The molecule has 2 aliphatic carbocycles. The summed E-state index contributed by atoms with van der Waals surface area (Å²) in [6.45, 7) is 3.46. The normalized spacial score (nSPS) is 33.8. The number of fused-ring (bicyclic) bond motifs is 2. The molecular weight excluding hydrogens is 281 g/mol. The number of nitrogens with zero attached hydrogens (tertiary/aromatic N) is 3. The van der Waals surface area contributed by atoms with Gasteiger partial charge in [-0.05, 0) is 37.3 Å². The lowest BCUT2D eigenvalue weighted by Crippen LogP contribution is -2.54.